The molecule has 1 aromatic rings. The third-order valence-corrected chi connectivity index (χ3v) is 4.85. The minimum Gasteiger partial charge on any atom is -0.357 e. The summed E-state index contributed by atoms with van der Waals surface area (Å²) in [6.45, 7) is 1.54. The molecule has 27 heavy (non-hydrogen) atoms. The van der Waals surface area contributed by atoms with Gasteiger partial charge in [0.2, 0.25) is 5.91 Å². The molecule has 0 unspecified atom stereocenters. The fraction of sp³-hybridized carbons (Fsp3) is 0.579. The summed E-state index contributed by atoms with van der Waals surface area (Å²) in [5.74, 6) is -0.237. The summed E-state index contributed by atoms with van der Waals surface area (Å²) in [5.41, 5.74) is 1.30. The summed E-state index contributed by atoms with van der Waals surface area (Å²) >= 11 is 0. The number of carbonyl (C=O) groups is 1. The molecule has 150 valence electrons. The molecule has 5 nitrogen and oxygen atoms in total. The Morgan fingerprint density at radius 2 is 1.89 bits per heavy atom. The molecule has 0 radical (unpaired) electrons. The summed E-state index contributed by atoms with van der Waals surface area (Å²) in [5, 5.41) is 6.29. The molecule has 0 saturated heterocycles. The number of carbonyl (C=O) groups excluding carboxylic acids is 1. The molecule has 1 saturated carbocycles. The fourth-order valence-electron chi connectivity index (χ4n) is 3.18. The number of nitrogens with zero attached hydrogens (tertiary/aromatic N) is 2. The Hall–Kier alpha value is -2.25. The second kappa shape index (κ2) is 9.10. The van der Waals surface area contributed by atoms with Crippen molar-refractivity contribution in [1.29, 1.82) is 0 Å². The van der Waals surface area contributed by atoms with Crippen molar-refractivity contribution in [3.05, 3.63) is 35.9 Å². The van der Waals surface area contributed by atoms with Crippen LogP contribution >= 0.6 is 0 Å². The highest BCUT2D eigenvalue weighted by molar-refractivity contribution is 5.85. The summed E-state index contributed by atoms with van der Waals surface area (Å²) < 4.78 is 37.2. The number of halogens is 3. The summed E-state index contributed by atoms with van der Waals surface area (Å²) in [6, 6.07) is 10.2. The van der Waals surface area contributed by atoms with Gasteiger partial charge < -0.3 is 15.5 Å². The molecule has 2 N–H and O–H groups in total. The molecule has 0 spiro atoms. The van der Waals surface area contributed by atoms with Gasteiger partial charge in [0.25, 0.3) is 0 Å². The van der Waals surface area contributed by atoms with E-state index in [1.165, 1.54) is 5.56 Å². The van der Waals surface area contributed by atoms with Crippen LogP contribution in [0, 0.1) is 0 Å². The highest BCUT2D eigenvalue weighted by Crippen LogP contribution is 2.43. The molecular weight excluding hydrogens is 357 g/mol. The SMILES string of the molecule is CCNC(=NCC(=O)N(C)CC(F)(F)F)NCC1(c2ccccc2)CCC1. The molecule has 1 aromatic carbocycles. The van der Waals surface area contributed by atoms with Crippen LogP contribution in [-0.2, 0) is 10.2 Å². The van der Waals surface area contributed by atoms with Crippen molar-refractivity contribution in [2.45, 2.75) is 37.8 Å². The zero-order chi connectivity index (χ0) is 19.9. The van der Waals surface area contributed by atoms with Gasteiger partial charge in [-0.15, -0.1) is 0 Å². The Labute approximate surface area is 158 Å². The van der Waals surface area contributed by atoms with Crippen molar-refractivity contribution in [1.82, 2.24) is 15.5 Å². The van der Waals surface area contributed by atoms with E-state index >= 15 is 0 Å². The maximum absolute atomic E-state index is 12.4. The summed E-state index contributed by atoms with van der Waals surface area (Å²) in [7, 11) is 1.13. The van der Waals surface area contributed by atoms with Gasteiger partial charge in [-0.1, -0.05) is 36.8 Å². The highest BCUT2D eigenvalue weighted by Gasteiger charge is 2.38. The molecule has 0 atom stereocenters. The largest absolute Gasteiger partial charge is 0.406 e. The van der Waals surface area contributed by atoms with Crippen LogP contribution in [0.1, 0.15) is 31.7 Å². The van der Waals surface area contributed by atoms with Crippen LogP contribution in [-0.4, -0.2) is 56.2 Å². The number of guanidine groups is 1. The average molecular weight is 384 g/mol. The quantitative estimate of drug-likeness (QED) is 0.561. The second-order valence-corrected chi connectivity index (χ2v) is 6.91. The average Bonchev–Trinajstić information content (AvgIpc) is 2.57. The number of hydrogen-bond donors (Lipinski definition) is 2. The molecule has 0 aromatic heterocycles. The lowest BCUT2D eigenvalue weighted by Crippen LogP contribution is -2.49. The van der Waals surface area contributed by atoms with Crippen LogP contribution in [0.4, 0.5) is 13.2 Å². The van der Waals surface area contributed by atoms with Crippen LogP contribution in [0.25, 0.3) is 0 Å². The van der Waals surface area contributed by atoms with Gasteiger partial charge in [0.05, 0.1) is 0 Å². The van der Waals surface area contributed by atoms with Crippen molar-refractivity contribution >= 4 is 11.9 Å². The van der Waals surface area contributed by atoms with Crippen molar-refractivity contribution < 1.29 is 18.0 Å². The van der Waals surface area contributed by atoms with Gasteiger partial charge in [0.1, 0.15) is 13.1 Å². The molecule has 1 aliphatic rings. The molecule has 1 aliphatic carbocycles. The number of benzene rings is 1. The maximum atomic E-state index is 12.4. The Morgan fingerprint density at radius 1 is 1.22 bits per heavy atom. The highest BCUT2D eigenvalue weighted by atomic mass is 19.4. The van der Waals surface area contributed by atoms with Gasteiger partial charge in [0, 0.05) is 25.6 Å². The maximum Gasteiger partial charge on any atom is 0.406 e. The Balaban J connectivity index is 1.96. The normalized spacial score (nSPS) is 16.4. The van der Waals surface area contributed by atoms with Crippen molar-refractivity contribution in [3.8, 4) is 0 Å². The first kappa shape index (κ1) is 21.1. The Morgan fingerprint density at radius 3 is 2.41 bits per heavy atom. The Kier molecular flexibility index (Phi) is 7.10. The van der Waals surface area contributed by atoms with Gasteiger partial charge in [-0.3, -0.25) is 4.79 Å². The van der Waals surface area contributed by atoms with Crippen LogP contribution in [0.3, 0.4) is 0 Å². The second-order valence-electron chi connectivity index (χ2n) is 6.91. The van der Waals surface area contributed by atoms with Gasteiger partial charge in [-0.2, -0.15) is 13.2 Å². The third-order valence-electron chi connectivity index (χ3n) is 4.85. The zero-order valence-corrected chi connectivity index (χ0v) is 15.8. The number of alkyl halides is 3. The molecule has 8 heteroatoms. The number of hydrogen-bond acceptors (Lipinski definition) is 2. The minimum atomic E-state index is -4.41. The van der Waals surface area contributed by atoms with E-state index in [9.17, 15) is 18.0 Å². The summed E-state index contributed by atoms with van der Waals surface area (Å²) in [4.78, 5) is 16.7. The first-order valence-corrected chi connectivity index (χ1v) is 9.14. The molecule has 2 rings (SSSR count). The molecule has 0 aliphatic heterocycles. The first-order chi connectivity index (χ1) is 12.8. The van der Waals surface area contributed by atoms with Gasteiger partial charge in [-0.25, -0.2) is 4.99 Å². The standard InChI is InChI=1S/C19H27F3N4O/c1-3-23-17(24-12-16(27)26(2)14-19(20,21)22)25-13-18(10-7-11-18)15-8-5-4-6-9-15/h4-6,8-9H,3,7,10-14H2,1-2H3,(H2,23,24,25). The van der Waals surface area contributed by atoms with Gasteiger partial charge in [0.15, 0.2) is 5.96 Å². The van der Waals surface area contributed by atoms with Gasteiger partial charge >= 0.3 is 6.18 Å². The lowest BCUT2D eigenvalue weighted by atomic mass is 9.64. The number of amides is 1. The van der Waals surface area contributed by atoms with E-state index in [-0.39, 0.29) is 12.0 Å². The first-order valence-electron chi connectivity index (χ1n) is 9.14. The predicted molar refractivity (Wildman–Crippen MR) is 99.6 cm³/mol. The van der Waals surface area contributed by atoms with E-state index in [1.54, 1.807) is 0 Å². The minimum absolute atomic E-state index is 0.0362. The van der Waals surface area contributed by atoms with E-state index in [0.717, 1.165) is 26.3 Å². The lowest BCUT2D eigenvalue weighted by Gasteiger charge is -2.43. The van der Waals surface area contributed by atoms with Crippen molar-refractivity contribution in [2.75, 3.05) is 33.2 Å². The van der Waals surface area contributed by atoms with Crippen LogP contribution < -0.4 is 10.6 Å². The fourth-order valence-corrected chi connectivity index (χ4v) is 3.18. The van der Waals surface area contributed by atoms with Crippen molar-refractivity contribution in [2.24, 2.45) is 4.99 Å². The van der Waals surface area contributed by atoms with E-state index in [0.29, 0.717) is 23.9 Å². The number of nitrogens with one attached hydrogen (secondary N) is 2. The van der Waals surface area contributed by atoms with E-state index in [4.69, 9.17) is 0 Å². The number of aliphatic imine (C=N–C) groups is 1. The Bertz CT molecular complexity index is 642. The molecule has 0 heterocycles. The molecular formula is C19H27F3N4O. The zero-order valence-electron chi connectivity index (χ0n) is 15.8. The molecule has 0 bridgehead atoms. The third kappa shape index (κ3) is 6.15. The van der Waals surface area contributed by atoms with Gasteiger partial charge in [-0.05, 0) is 25.3 Å². The van der Waals surface area contributed by atoms with Crippen LogP contribution in [0.2, 0.25) is 0 Å². The lowest BCUT2D eigenvalue weighted by molar-refractivity contribution is -0.157. The summed E-state index contributed by atoms with van der Waals surface area (Å²) in [6.07, 6.45) is -1.12. The molecule has 1 amide bonds. The van der Waals surface area contributed by atoms with Crippen molar-refractivity contribution in [3.63, 3.8) is 0 Å². The van der Waals surface area contributed by atoms with E-state index in [1.807, 2.05) is 25.1 Å². The number of likely N-dealkylation sites (N-methyl/N-ethyl adjacent to an activating group) is 1. The smallest absolute Gasteiger partial charge is 0.357 e. The molecule has 1 fully saturated rings. The van der Waals surface area contributed by atoms with E-state index < -0.39 is 18.6 Å². The van der Waals surface area contributed by atoms with Crippen LogP contribution in [0.15, 0.2) is 35.3 Å². The topological polar surface area (TPSA) is 56.7 Å². The van der Waals surface area contributed by atoms with Crippen LogP contribution in [0.5, 0.6) is 0 Å². The monoisotopic (exact) mass is 384 g/mol. The predicted octanol–water partition coefficient (Wildman–Crippen LogP) is 2.68. The number of rotatable bonds is 7. The van der Waals surface area contributed by atoms with E-state index in [2.05, 4.69) is 27.8 Å².